The molecule has 3 rings (SSSR count). The molecule has 164 valence electrons. The Labute approximate surface area is 182 Å². The normalized spacial score (nSPS) is 15.8. The zero-order valence-electron chi connectivity index (χ0n) is 18.3. The Bertz CT molecular complexity index is 968. The quantitative estimate of drug-likeness (QED) is 0.686. The molecule has 2 aromatic rings. The molecule has 0 saturated carbocycles. The summed E-state index contributed by atoms with van der Waals surface area (Å²) in [5.41, 5.74) is 3.41. The van der Waals surface area contributed by atoms with E-state index in [1.807, 2.05) is 45.9 Å². The van der Waals surface area contributed by atoms with Crippen LogP contribution in [0.15, 0.2) is 42.5 Å². The largest absolute Gasteiger partial charge is 0.491 e. The molecule has 1 N–H and O–H groups in total. The third-order valence-corrected chi connectivity index (χ3v) is 4.98. The van der Waals surface area contributed by atoms with Gasteiger partial charge in [-0.15, -0.1) is 0 Å². The number of hydrogen-bond donors (Lipinski definition) is 1. The van der Waals surface area contributed by atoms with Crippen molar-refractivity contribution < 1.29 is 23.9 Å². The molecule has 1 aliphatic rings. The predicted octanol–water partition coefficient (Wildman–Crippen LogP) is 3.63. The highest BCUT2D eigenvalue weighted by molar-refractivity contribution is 6.00. The van der Waals surface area contributed by atoms with Crippen LogP contribution < -0.4 is 15.0 Å². The van der Waals surface area contributed by atoms with Gasteiger partial charge in [0.15, 0.2) is 6.61 Å². The first-order chi connectivity index (χ1) is 14.7. The fraction of sp³-hybridized carbons (Fsp3) is 0.375. The van der Waals surface area contributed by atoms with Crippen LogP contribution in [0.25, 0.3) is 0 Å². The van der Waals surface area contributed by atoms with Crippen LogP contribution in [0.4, 0.5) is 11.4 Å². The van der Waals surface area contributed by atoms with Crippen molar-refractivity contribution in [1.29, 1.82) is 0 Å². The van der Waals surface area contributed by atoms with E-state index in [-0.39, 0.29) is 25.0 Å². The van der Waals surface area contributed by atoms with E-state index in [1.165, 1.54) is 0 Å². The molecule has 0 aliphatic carbocycles. The molecule has 0 bridgehead atoms. The Kier molecular flexibility index (Phi) is 6.95. The topological polar surface area (TPSA) is 84.9 Å². The molecule has 2 aromatic carbocycles. The molecular weight excluding hydrogens is 396 g/mol. The van der Waals surface area contributed by atoms with Crippen LogP contribution in [0.1, 0.15) is 31.4 Å². The second-order valence-corrected chi connectivity index (χ2v) is 8.04. The monoisotopic (exact) mass is 424 g/mol. The van der Waals surface area contributed by atoms with E-state index in [2.05, 4.69) is 5.32 Å². The van der Waals surface area contributed by atoms with Crippen molar-refractivity contribution in [1.82, 2.24) is 0 Å². The Hall–Kier alpha value is -3.35. The number of nitrogens with zero attached hydrogens (tertiary/aromatic N) is 1. The third-order valence-electron chi connectivity index (χ3n) is 4.98. The fourth-order valence-corrected chi connectivity index (χ4v) is 3.49. The van der Waals surface area contributed by atoms with Gasteiger partial charge < -0.3 is 19.7 Å². The van der Waals surface area contributed by atoms with Gasteiger partial charge >= 0.3 is 5.97 Å². The summed E-state index contributed by atoms with van der Waals surface area (Å²) < 4.78 is 10.8. The van der Waals surface area contributed by atoms with Gasteiger partial charge in [-0.2, -0.15) is 0 Å². The van der Waals surface area contributed by atoms with Crippen LogP contribution in [0.3, 0.4) is 0 Å². The van der Waals surface area contributed by atoms with E-state index in [4.69, 9.17) is 9.47 Å². The number of carbonyl (C=O) groups excluding carboxylic acids is 3. The van der Waals surface area contributed by atoms with Crippen molar-refractivity contribution in [3.63, 3.8) is 0 Å². The number of benzene rings is 2. The molecule has 2 amide bonds. The van der Waals surface area contributed by atoms with Gasteiger partial charge in [-0.3, -0.25) is 14.4 Å². The molecule has 1 aliphatic heterocycles. The number of aryl methyl sites for hydroxylation is 2. The fourth-order valence-electron chi connectivity index (χ4n) is 3.49. The average molecular weight is 424 g/mol. The van der Waals surface area contributed by atoms with E-state index >= 15 is 0 Å². The number of rotatable bonds is 7. The van der Waals surface area contributed by atoms with Crippen molar-refractivity contribution >= 4 is 29.2 Å². The van der Waals surface area contributed by atoms with Gasteiger partial charge in [0.05, 0.1) is 12.0 Å². The van der Waals surface area contributed by atoms with Gasteiger partial charge in [-0.1, -0.05) is 17.7 Å². The van der Waals surface area contributed by atoms with Crippen LogP contribution in [0.5, 0.6) is 5.75 Å². The number of hydrogen-bond acceptors (Lipinski definition) is 5. The molecule has 0 spiro atoms. The van der Waals surface area contributed by atoms with Gasteiger partial charge in [-0.05, 0) is 63.6 Å². The molecule has 0 aromatic heterocycles. The molecule has 7 heteroatoms. The third kappa shape index (κ3) is 5.84. The summed E-state index contributed by atoms with van der Waals surface area (Å²) in [6.07, 6.45) is 0.118. The SMILES string of the molecule is Cc1ccc(NC(=O)COC(=O)[C@H]2CC(=O)N(c3ccc(OC(C)C)cc3)C2)c(C)c1. The maximum absolute atomic E-state index is 12.4. The van der Waals surface area contributed by atoms with Crippen molar-refractivity contribution in [2.24, 2.45) is 5.92 Å². The van der Waals surface area contributed by atoms with E-state index in [1.54, 1.807) is 29.2 Å². The van der Waals surface area contributed by atoms with Gasteiger partial charge in [0.2, 0.25) is 5.91 Å². The highest BCUT2D eigenvalue weighted by Crippen LogP contribution is 2.28. The van der Waals surface area contributed by atoms with E-state index in [0.717, 1.165) is 16.9 Å². The second kappa shape index (κ2) is 9.64. The highest BCUT2D eigenvalue weighted by atomic mass is 16.5. The summed E-state index contributed by atoms with van der Waals surface area (Å²) in [4.78, 5) is 38.5. The number of esters is 1. The van der Waals surface area contributed by atoms with Crippen molar-refractivity contribution in [3.05, 3.63) is 53.6 Å². The standard InChI is InChI=1S/C24H28N2O5/c1-15(2)31-20-8-6-19(7-9-20)26-13-18(12-23(26)28)24(29)30-14-22(27)25-21-10-5-16(3)11-17(21)4/h5-11,15,18H,12-14H2,1-4H3,(H,25,27)/t18-/m0/s1. The van der Waals surface area contributed by atoms with Crippen molar-refractivity contribution in [3.8, 4) is 5.75 Å². The van der Waals surface area contributed by atoms with Crippen molar-refractivity contribution in [2.45, 2.75) is 40.2 Å². The minimum Gasteiger partial charge on any atom is -0.491 e. The van der Waals surface area contributed by atoms with Gasteiger partial charge in [0, 0.05) is 24.3 Å². The van der Waals surface area contributed by atoms with Crippen LogP contribution in [0, 0.1) is 19.8 Å². The molecule has 1 heterocycles. The molecule has 0 radical (unpaired) electrons. The molecule has 1 atom stereocenters. The van der Waals surface area contributed by atoms with E-state index in [9.17, 15) is 14.4 Å². The first kappa shape index (κ1) is 22.3. The van der Waals surface area contributed by atoms with Gasteiger partial charge in [0.25, 0.3) is 5.91 Å². The summed E-state index contributed by atoms with van der Waals surface area (Å²) in [5.74, 6) is -1.00. The minimum atomic E-state index is -0.604. The smallest absolute Gasteiger partial charge is 0.311 e. The highest BCUT2D eigenvalue weighted by Gasteiger charge is 2.36. The molecule has 1 fully saturated rings. The van der Waals surface area contributed by atoms with Gasteiger partial charge in [-0.25, -0.2) is 0 Å². The van der Waals surface area contributed by atoms with Crippen molar-refractivity contribution in [2.75, 3.05) is 23.4 Å². The minimum absolute atomic E-state index is 0.0573. The molecular formula is C24H28N2O5. The van der Waals surface area contributed by atoms with Crippen LogP contribution in [-0.2, 0) is 19.1 Å². The number of anilines is 2. The first-order valence-electron chi connectivity index (χ1n) is 10.3. The summed E-state index contributed by atoms with van der Waals surface area (Å²) in [6, 6.07) is 12.9. The molecule has 1 saturated heterocycles. The molecule has 31 heavy (non-hydrogen) atoms. The zero-order valence-corrected chi connectivity index (χ0v) is 18.3. The lowest BCUT2D eigenvalue weighted by Crippen LogP contribution is -2.28. The van der Waals surface area contributed by atoms with E-state index < -0.39 is 24.4 Å². The molecule has 7 nitrogen and oxygen atoms in total. The van der Waals surface area contributed by atoms with Crippen LogP contribution >= 0.6 is 0 Å². The predicted molar refractivity (Wildman–Crippen MR) is 118 cm³/mol. The first-order valence-corrected chi connectivity index (χ1v) is 10.3. The second-order valence-electron chi connectivity index (χ2n) is 8.04. The van der Waals surface area contributed by atoms with Crippen LogP contribution in [-0.4, -0.2) is 37.0 Å². The summed E-state index contributed by atoms with van der Waals surface area (Å²) in [7, 11) is 0. The number of carbonyl (C=O) groups is 3. The summed E-state index contributed by atoms with van der Waals surface area (Å²) >= 11 is 0. The lowest BCUT2D eigenvalue weighted by molar-refractivity contribution is -0.151. The molecule has 0 unspecified atom stereocenters. The maximum Gasteiger partial charge on any atom is 0.311 e. The number of nitrogens with one attached hydrogen (secondary N) is 1. The van der Waals surface area contributed by atoms with Crippen LogP contribution in [0.2, 0.25) is 0 Å². The lowest BCUT2D eigenvalue weighted by Gasteiger charge is -2.17. The van der Waals surface area contributed by atoms with Gasteiger partial charge in [0.1, 0.15) is 5.75 Å². The van der Waals surface area contributed by atoms with E-state index in [0.29, 0.717) is 11.4 Å². The Morgan fingerprint density at radius 3 is 2.48 bits per heavy atom. The summed E-state index contributed by atoms with van der Waals surface area (Å²) in [6.45, 7) is 7.58. The average Bonchev–Trinajstić information content (AvgIpc) is 3.10. The number of amides is 2. The summed E-state index contributed by atoms with van der Waals surface area (Å²) in [5, 5.41) is 2.74. The lowest BCUT2D eigenvalue weighted by atomic mass is 10.1. The Morgan fingerprint density at radius 2 is 1.84 bits per heavy atom. The zero-order chi connectivity index (χ0) is 22.5. The maximum atomic E-state index is 12.4. The Morgan fingerprint density at radius 1 is 1.13 bits per heavy atom. The number of ether oxygens (including phenoxy) is 2. The Balaban J connectivity index is 1.52.